The maximum absolute atomic E-state index is 12.3. The maximum Gasteiger partial charge on any atom is 0.257 e. The Balaban J connectivity index is 2.29. The van der Waals surface area contributed by atoms with Gasteiger partial charge in [-0.3, -0.25) is 10.1 Å². The molecule has 1 amide bonds. The molecule has 0 spiro atoms. The smallest absolute Gasteiger partial charge is 0.257 e. The molecule has 1 heterocycles. The SMILES string of the molecule is COc1cc(C)c(C(=O)Nc2nc(C)cs2)cc1OC. The lowest BCUT2D eigenvalue weighted by atomic mass is 10.1. The van der Waals surface area contributed by atoms with Crippen molar-refractivity contribution in [1.82, 2.24) is 4.98 Å². The van der Waals surface area contributed by atoms with Crippen molar-refractivity contribution in [3.63, 3.8) is 0 Å². The van der Waals surface area contributed by atoms with Crippen LogP contribution >= 0.6 is 11.3 Å². The molecule has 0 atom stereocenters. The fourth-order valence-electron chi connectivity index (χ4n) is 1.80. The van der Waals surface area contributed by atoms with Crippen molar-refractivity contribution < 1.29 is 14.3 Å². The predicted octanol–water partition coefficient (Wildman–Crippen LogP) is 3.03. The molecule has 2 aromatic rings. The van der Waals surface area contributed by atoms with Gasteiger partial charge in [0.25, 0.3) is 5.91 Å². The number of methoxy groups -OCH3 is 2. The normalized spacial score (nSPS) is 10.2. The van der Waals surface area contributed by atoms with Crippen LogP contribution in [0, 0.1) is 13.8 Å². The molecule has 0 saturated heterocycles. The Labute approximate surface area is 121 Å². The number of carbonyl (C=O) groups excluding carboxylic acids is 1. The summed E-state index contributed by atoms with van der Waals surface area (Å²) < 4.78 is 10.4. The second-order valence-corrected chi connectivity index (χ2v) is 5.13. The number of carbonyl (C=O) groups is 1. The molecule has 20 heavy (non-hydrogen) atoms. The van der Waals surface area contributed by atoms with Gasteiger partial charge in [-0.25, -0.2) is 4.98 Å². The molecule has 1 aromatic carbocycles. The van der Waals surface area contributed by atoms with E-state index in [9.17, 15) is 4.79 Å². The minimum absolute atomic E-state index is 0.210. The van der Waals surface area contributed by atoms with Crippen LogP contribution in [0.5, 0.6) is 11.5 Å². The van der Waals surface area contributed by atoms with Crippen molar-refractivity contribution in [3.05, 3.63) is 34.3 Å². The molecule has 0 aliphatic rings. The Morgan fingerprint density at radius 3 is 2.40 bits per heavy atom. The standard InChI is InChI=1S/C14H16N2O3S/c1-8-5-11(18-3)12(19-4)6-10(8)13(17)16-14-15-9(2)7-20-14/h5-7H,1-4H3,(H,15,16,17). The van der Waals surface area contributed by atoms with Crippen molar-refractivity contribution in [2.45, 2.75) is 13.8 Å². The van der Waals surface area contributed by atoms with Gasteiger partial charge in [-0.05, 0) is 31.5 Å². The summed E-state index contributed by atoms with van der Waals surface area (Å²) in [6.07, 6.45) is 0. The monoisotopic (exact) mass is 292 g/mol. The summed E-state index contributed by atoms with van der Waals surface area (Å²) in [5.41, 5.74) is 2.23. The van der Waals surface area contributed by atoms with E-state index in [1.807, 2.05) is 19.2 Å². The minimum atomic E-state index is -0.210. The summed E-state index contributed by atoms with van der Waals surface area (Å²) in [6, 6.07) is 3.45. The summed E-state index contributed by atoms with van der Waals surface area (Å²) in [4.78, 5) is 16.5. The van der Waals surface area contributed by atoms with E-state index in [1.165, 1.54) is 11.3 Å². The van der Waals surface area contributed by atoms with Gasteiger partial charge in [-0.2, -0.15) is 0 Å². The first kappa shape index (κ1) is 14.3. The fourth-order valence-corrected chi connectivity index (χ4v) is 2.48. The largest absolute Gasteiger partial charge is 0.493 e. The van der Waals surface area contributed by atoms with E-state index in [-0.39, 0.29) is 5.91 Å². The zero-order valence-corrected chi connectivity index (χ0v) is 12.6. The summed E-state index contributed by atoms with van der Waals surface area (Å²) in [7, 11) is 3.11. The highest BCUT2D eigenvalue weighted by Gasteiger charge is 2.15. The van der Waals surface area contributed by atoms with Crippen LogP contribution in [0.15, 0.2) is 17.5 Å². The van der Waals surface area contributed by atoms with Crippen LogP contribution in [0.25, 0.3) is 0 Å². The number of rotatable bonds is 4. The third kappa shape index (κ3) is 2.91. The predicted molar refractivity (Wildman–Crippen MR) is 79.1 cm³/mol. The molecule has 0 fully saturated rings. The summed E-state index contributed by atoms with van der Waals surface area (Å²) in [5, 5.41) is 5.25. The van der Waals surface area contributed by atoms with Gasteiger partial charge in [0.15, 0.2) is 16.6 Å². The van der Waals surface area contributed by atoms with Crippen LogP contribution in [0.1, 0.15) is 21.6 Å². The molecule has 0 aliphatic carbocycles. The second-order valence-electron chi connectivity index (χ2n) is 4.27. The number of thiazole rings is 1. The zero-order chi connectivity index (χ0) is 14.7. The van der Waals surface area contributed by atoms with E-state index in [0.717, 1.165) is 11.3 Å². The molecular formula is C14H16N2O3S. The number of amides is 1. The zero-order valence-electron chi connectivity index (χ0n) is 11.8. The van der Waals surface area contributed by atoms with Crippen LogP contribution in [-0.2, 0) is 0 Å². The molecule has 0 saturated carbocycles. The Morgan fingerprint density at radius 2 is 1.85 bits per heavy atom. The van der Waals surface area contributed by atoms with Gasteiger partial charge in [-0.15, -0.1) is 11.3 Å². The number of anilines is 1. The van der Waals surface area contributed by atoms with Gasteiger partial charge in [-0.1, -0.05) is 0 Å². The maximum atomic E-state index is 12.3. The van der Waals surface area contributed by atoms with E-state index in [1.54, 1.807) is 26.4 Å². The Morgan fingerprint density at radius 1 is 1.20 bits per heavy atom. The fraction of sp³-hybridized carbons (Fsp3) is 0.286. The number of hydrogen-bond donors (Lipinski definition) is 1. The Kier molecular flexibility index (Phi) is 4.24. The highest BCUT2D eigenvalue weighted by molar-refractivity contribution is 7.13. The van der Waals surface area contributed by atoms with Crippen molar-refractivity contribution in [2.75, 3.05) is 19.5 Å². The van der Waals surface area contributed by atoms with Crippen molar-refractivity contribution in [1.29, 1.82) is 0 Å². The van der Waals surface area contributed by atoms with Crippen LogP contribution in [0.4, 0.5) is 5.13 Å². The summed E-state index contributed by atoms with van der Waals surface area (Å²) in [6.45, 7) is 3.73. The van der Waals surface area contributed by atoms with E-state index in [4.69, 9.17) is 9.47 Å². The lowest BCUT2D eigenvalue weighted by Crippen LogP contribution is -2.13. The first-order valence-corrected chi connectivity index (χ1v) is 6.89. The van der Waals surface area contributed by atoms with Gasteiger partial charge in [0.1, 0.15) is 0 Å². The highest BCUT2D eigenvalue weighted by Crippen LogP contribution is 2.30. The Hall–Kier alpha value is -2.08. The van der Waals surface area contributed by atoms with Gasteiger partial charge < -0.3 is 9.47 Å². The lowest BCUT2D eigenvalue weighted by Gasteiger charge is -2.12. The molecule has 0 radical (unpaired) electrons. The van der Waals surface area contributed by atoms with Gasteiger partial charge >= 0.3 is 0 Å². The van der Waals surface area contributed by atoms with Gasteiger partial charge in [0, 0.05) is 10.9 Å². The molecule has 1 aromatic heterocycles. The van der Waals surface area contributed by atoms with Crippen LogP contribution in [0.3, 0.4) is 0 Å². The number of hydrogen-bond acceptors (Lipinski definition) is 5. The third-order valence-electron chi connectivity index (χ3n) is 2.81. The number of aromatic nitrogens is 1. The molecule has 6 heteroatoms. The first-order valence-electron chi connectivity index (χ1n) is 6.01. The van der Waals surface area contributed by atoms with Crippen molar-refractivity contribution >= 4 is 22.4 Å². The Bertz CT molecular complexity index is 637. The number of benzene rings is 1. The van der Waals surface area contributed by atoms with Gasteiger partial charge in [0.2, 0.25) is 0 Å². The van der Waals surface area contributed by atoms with E-state index in [0.29, 0.717) is 22.2 Å². The summed E-state index contributed by atoms with van der Waals surface area (Å²) in [5.74, 6) is 0.919. The first-order chi connectivity index (χ1) is 9.55. The number of ether oxygens (including phenoxy) is 2. The average Bonchev–Trinajstić information content (AvgIpc) is 2.83. The molecule has 0 unspecified atom stereocenters. The lowest BCUT2D eigenvalue weighted by molar-refractivity contribution is 0.102. The van der Waals surface area contributed by atoms with Crippen molar-refractivity contribution in [3.8, 4) is 11.5 Å². The molecule has 0 aliphatic heterocycles. The highest BCUT2D eigenvalue weighted by atomic mass is 32.1. The van der Waals surface area contributed by atoms with Gasteiger partial charge in [0.05, 0.1) is 19.9 Å². The number of aryl methyl sites for hydroxylation is 2. The topological polar surface area (TPSA) is 60.5 Å². The van der Waals surface area contributed by atoms with E-state index >= 15 is 0 Å². The third-order valence-corrected chi connectivity index (χ3v) is 3.69. The molecular weight excluding hydrogens is 276 g/mol. The quantitative estimate of drug-likeness (QED) is 0.941. The van der Waals surface area contributed by atoms with Crippen molar-refractivity contribution in [2.24, 2.45) is 0 Å². The second kappa shape index (κ2) is 5.92. The molecule has 5 nitrogen and oxygen atoms in total. The molecule has 2 rings (SSSR count). The van der Waals surface area contributed by atoms with Crippen LogP contribution in [-0.4, -0.2) is 25.1 Å². The number of nitrogens with zero attached hydrogens (tertiary/aromatic N) is 1. The summed E-state index contributed by atoms with van der Waals surface area (Å²) >= 11 is 1.40. The minimum Gasteiger partial charge on any atom is -0.493 e. The molecule has 0 bridgehead atoms. The van der Waals surface area contributed by atoms with Crippen LogP contribution in [0.2, 0.25) is 0 Å². The molecule has 1 N–H and O–H groups in total. The van der Waals surface area contributed by atoms with Crippen LogP contribution < -0.4 is 14.8 Å². The van der Waals surface area contributed by atoms with E-state index in [2.05, 4.69) is 10.3 Å². The van der Waals surface area contributed by atoms with E-state index < -0.39 is 0 Å². The number of nitrogens with one attached hydrogen (secondary N) is 1. The molecule has 106 valence electrons. The average molecular weight is 292 g/mol.